The highest BCUT2D eigenvalue weighted by molar-refractivity contribution is 5.92. The van der Waals surface area contributed by atoms with Crippen LogP contribution in [0.25, 0.3) is 0 Å². The van der Waals surface area contributed by atoms with Crippen molar-refractivity contribution >= 4 is 23.2 Å². The second-order valence-electron chi connectivity index (χ2n) is 10.3. The highest BCUT2D eigenvalue weighted by Crippen LogP contribution is 2.65. The van der Waals surface area contributed by atoms with Gasteiger partial charge in [-0.1, -0.05) is 20.8 Å². The molecule has 1 saturated heterocycles. The van der Waals surface area contributed by atoms with Gasteiger partial charge in [0.05, 0.1) is 0 Å². The lowest BCUT2D eigenvalue weighted by atomic mass is 9.69. The molecule has 3 N–H and O–H groups in total. The molecule has 0 spiro atoms. The normalized spacial score (nSPS) is 28.5. The highest BCUT2D eigenvalue weighted by atomic mass is 16.2. The van der Waals surface area contributed by atoms with Crippen molar-refractivity contribution in [2.75, 3.05) is 36.4 Å². The van der Waals surface area contributed by atoms with E-state index in [2.05, 4.69) is 63.7 Å². The van der Waals surface area contributed by atoms with Crippen molar-refractivity contribution in [1.29, 1.82) is 0 Å². The van der Waals surface area contributed by atoms with Crippen LogP contribution in [0.4, 0.5) is 17.3 Å². The van der Waals surface area contributed by atoms with Gasteiger partial charge in [0.1, 0.15) is 5.69 Å². The zero-order valence-corrected chi connectivity index (χ0v) is 19.3. The van der Waals surface area contributed by atoms with Crippen LogP contribution in [0.1, 0.15) is 50.5 Å². The van der Waals surface area contributed by atoms with Crippen LogP contribution in [-0.4, -0.2) is 48.1 Å². The lowest BCUT2D eigenvalue weighted by Crippen LogP contribution is -2.47. The van der Waals surface area contributed by atoms with Crippen molar-refractivity contribution in [3.8, 4) is 0 Å². The Morgan fingerprint density at radius 2 is 1.88 bits per heavy atom. The van der Waals surface area contributed by atoms with E-state index in [1.807, 2.05) is 12.1 Å². The molecule has 3 unspecified atom stereocenters. The number of hydrogen-bond donors (Lipinski definition) is 3. The first-order valence-corrected chi connectivity index (χ1v) is 11.8. The fourth-order valence-corrected chi connectivity index (χ4v) is 6.01. The van der Waals surface area contributed by atoms with Gasteiger partial charge in [-0.25, -0.2) is 9.97 Å². The summed E-state index contributed by atoms with van der Waals surface area (Å²) < 4.78 is 0. The van der Waals surface area contributed by atoms with Crippen molar-refractivity contribution in [3.05, 3.63) is 42.2 Å². The highest BCUT2D eigenvalue weighted by Gasteiger charge is 2.61. The summed E-state index contributed by atoms with van der Waals surface area (Å²) in [5.41, 5.74) is 2.94. The molecule has 170 valence electrons. The van der Waals surface area contributed by atoms with Gasteiger partial charge in [-0.3, -0.25) is 4.79 Å². The Morgan fingerprint density at radius 1 is 1.12 bits per heavy atom. The quantitative estimate of drug-likeness (QED) is 0.667. The lowest BCUT2D eigenvalue weighted by Gasteiger charge is -2.39. The number of fused-ring (bicyclic) bond motifs is 2. The standard InChI is InChI=1S/C25H34N6O/c1-24(2)17-8-10-25(24,3)21(16-17)30-22(32)20-9-11-27-23(29-20)28-18-4-6-19(7-5-18)31-14-12-26-13-15-31/h4-7,9,11,17,21,26H,8,10,12-16H2,1-3H3,(H,30,32)(H,27,28,29). The summed E-state index contributed by atoms with van der Waals surface area (Å²) in [6.07, 6.45) is 5.15. The van der Waals surface area contributed by atoms with Crippen molar-refractivity contribution in [3.63, 3.8) is 0 Å². The Morgan fingerprint density at radius 3 is 2.53 bits per heavy atom. The van der Waals surface area contributed by atoms with E-state index >= 15 is 0 Å². The molecular formula is C25H34N6O. The van der Waals surface area contributed by atoms with Crippen LogP contribution in [-0.2, 0) is 0 Å². The second-order valence-corrected chi connectivity index (χ2v) is 10.3. The maximum atomic E-state index is 13.0. The van der Waals surface area contributed by atoms with E-state index in [1.54, 1.807) is 12.3 Å². The van der Waals surface area contributed by atoms with E-state index < -0.39 is 0 Å². The van der Waals surface area contributed by atoms with Crippen LogP contribution in [0.15, 0.2) is 36.5 Å². The van der Waals surface area contributed by atoms with Crippen molar-refractivity contribution in [1.82, 2.24) is 20.6 Å². The first-order valence-electron chi connectivity index (χ1n) is 11.8. The summed E-state index contributed by atoms with van der Waals surface area (Å²) in [5, 5.41) is 9.90. The third-order valence-corrected chi connectivity index (χ3v) is 8.59. The molecule has 0 radical (unpaired) electrons. The number of anilines is 3. The molecule has 5 rings (SSSR count). The van der Waals surface area contributed by atoms with Crippen molar-refractivity contribution in [2.45, 2.75) is 46.1 Å². The summed E-state index contributed by atoms with van der Waals surface area (Å²) in [6, 6.07) is 10.2. The van der Waals surface area contributed by atoms with Crippen molar-refractivity contribution < 1.29 is 4.79 Å². The largest absolute Gasteiger partial charge is 0.369 e. The number of carbonyl (C=O) groups is 1. The van der Waals surface area contributed by atoms with Gasteiger partial charge >= 0.3 is 0 Å². The third-order valence-electron chi connectivity index (χ3n) is 8.59. The molecular weight excluding hydrogens is 400 g/mol. The summed E-state index contributed by atoms with van der Waals surface area (Å²) in [7, 11) is 0. The molecule has 7 heteroatoms. The van der Waals surface area contributed by atoms with Gasteiger partial charge in [0.2, 0.25) is 5.95 Å². The van der Waals surface area contributed by atoms with Crippen LogP contribution < -0.4 is 20.9 Å². The predicted octanol–water partition coefficient (Wildman–Crippen LogP) is 3.57. The smallest absolute Gasteiger partial charge is 0.270 e. The fourth-order valence-electron chi connectivity index (χ4n) is 6.01. The summed E-state index contributed by atoms with van der Waals surface area (Å²) in [5.74, 6) is 1.01. The molecule has 2 aliphatic carbocycles. The number of amides is 1. The second kappa shape index (κ2) is 8.03. The molecule has 3 fully saturated rings. The number of rotatable bonds is 5. The molecule has 1 aromatic carbocycles. The minimum atomic E-state index is -0.112. The maximum Gasteiger partial charge on any atom is 0.270 e. The van der Waals surface area contributed by atoms with Gasteiger partial charge in [-0.05, 0) is 66.3 Å². The molecule has 1 aromatic heterocycles. The Balaban J connectivity index is 1.24. The van der Waals surface area contributed by atoms with Gasteiger partial charge in [-0.2, -0.15) is 0 Å². The fraction of sp³-hybridized carbons (Fsp3) is 0.560. The van der Waals surface area contributed by atoms with Gasteiger partial charge in [0, 0.05) is 49.8 Å². The summed E-state index contributed by atoms with van der Waals surface area (Å²) in [4.78, 5) is 24.2. The average Bonchev–Trinajstić information content (AvgIpc) is 3.14. The lowest BCUT2D eigenvalue weighted by molar-refractivity contribution is 0.0821. The van der Waals surface area contributed by atoms with E-state index in [9.17, 15) is 4.79 Å². The molecule has 3 aliphatic rings. The van der Waals surface area contributed by atoms with Crippen molar-refractivity contribution in [2.24, 2.45) is 16.7 Å². The first kappa shape index (κ1) is 21.2. The average molecular weight is 435 g/mol. The SMILES string of the molecule is CC1(C)C2CCC1(C)C(NC(=O)c1ccnc(Nc3ccc(N4CCNCC4)cc3)n1)C2. The molecule has 1 aliphatic heterocycles. The van der Waals surface area contributed by atoms with Crippen LogP contribution in [0.5, 0.6) is 0 Å². The predicted molar refractivity (Wildman–Crippen MR) is 127 cm³/mol. The van der Waals surface area contributed by atoms with E-state index in [4.69, 9.17) is 0 Å². The number of aromatic nitrogens is 2. The Bertz CT molecular complexity index is 984. The molecule has 2 heterocycles. The third kappa shape index (κ3) is 3.62. The first-order chi connectivity index (χ1) is 15.4. The van der Waals surface area contributed by atoms with Gasteiger partial charge in [0.15, 0.2) is 0 Å². The number of nitrogens with one attached hydrogen (secondary N) is 3. The van der Waals surface area contributed by atoms with Gasteiger partial charge < -0.3 is 20.9 Å². The van der Waals surface area contributed by atoms with Crippen LogP contribution in [0.2, 0.25) is 0 Å². The number of benzene rings is 1. The minimum absolute atomic E-state index is 0.112. The topological polar surface area (TPSA) is 82.2 Å². The molecule has 2 aromatic rings. The van der Waals surface area contributed by atoms with Gasteiger partial charge in [-0.15, -0.1) is 0 Å². The number of nitrogens with zero attached hydrogens (tertiary/aromatic N) is 3. The van der Waals surface area contributed by atoms with Gasteiger partial charge in [0.25, 0.3) is 5.91 Å². The summed E-state index contributed by atoms with van der Waals surface area (Å²) in [6.45, 7) is 11.1. The molecule has 32 heavy (non-hydrogen) atoms. The van der Waals surface area contributed by atoms with E-state index in [0.717, 1.165) is 38.3 Å². The molecule has 3 atom stereocenters. The zero-order valence-electron chi connectivity index (χ0n) is 19.3. The Hall–Kier alpha value is -2.67. The molecule has 7 nitrogen and oxygen atoms in total. The van der Waals surface area contributed by atoms with Crippen LogP contribution >= 0.6 is 0 Å². The van der Waals surface area contributed by atoms with Crippen LogP contribution in [0.3, 0.4) is 0 Å². The number of carbonyl (C=O) groups excluding carboxylic acids is 1. The number of hydrogen-bond acceptors (Lipinski definition) is 6. The zero-order chi connectivity index (χ0) is 22.3. The Labute approximate surface area is 190 Å². The minimum Gasteiger partial charge on any atom is -0.369 e. The number of piperazine rings is 1. The monoisotopic (exact) mass is 434 g/mol. The molecule has 1 amide bonds. The molecule has 2 saturated carbocycles. The van der Waals surface area contributed by atoms with E-state index in [0.29, 0.717) is 17.6 Å². The maximum absolute atomic E-state index is 13.0. The summed E-state index contributed by atoms with van der Waals surface area (Å²) >= 11 is 0. The van der Waals surface area contributed by atoms with E-state index in [-0.39, 0.29) is 22.8 Å². The van der Waals surface area contributed by atoms with E-state index in [1.165, 1.54) is 18.5 Å². The molecule has 2 bridgehead atoms. The Kier molecular flexibility index (Phi) is 5.32. The van der Waals surface area contributed by atoms with Crippen LogP contribution in [0, 0.1) is 16.7 Å².